The summed E-state index contributed by atoms with van der Waals surface area (Å²) in [6.45, 7) is 4.00. The fourth-order valence-electron chi connectivity index (χ4n) is 4.43. The Hall–Kier alpha value is -3.13. The van der Waals surface area contributed by atoms with Crippen molar-refractivity contribution >= 4 is 34.4 Å². The van der Waals surface area contributed by atoms with Gasteiger partial charge in [-0.2, -0.15) is 5.10 Å². The van der Waals surface area contributed by atoms with Gasteiger partial charge in [-0.15, -0.1) is 5.73 Å². The summed E-state index contributed by atoms with van der Waals surface area (Å²) in [5, 5.41) is 11.8. The van der Waals surface area contributed by atoms with Crippen LogP contribution in [-0.4, -0.2) is 49.8 Å². The number of amides is 1. The van der Waals surface area contributed by atoms with E-state index in [1.54, 1.807) is 12.3 Å². The van der Waals surface area contributed by atoms with E-state index in [-0.39, 0.29) is 12.0 Å². The topological polar surface area (TPSA) is 127 Å². The Morgan fingerprint density at radius 2 is 2.12 bits per heavy atom. The average Bonchev–Trinajstić information content (AvgIpc) is 3.44. The number of aromatic amines is 1. The molecule has 3 atom stereocenters. The number of hydrogen-bond acceptors (Lipinski definition) is 6. The highest BCUT2D eigenvalue weighted by Gasteiger charge is 2.31. The Balaban J connectivity index is 1.48. The van der Waals surface area contributed by atoms with Crippen molar-refractivity contribution in [2.24, 2.45) is 17.6 Å². The van der Waals surface area contributed by atoms with Crippen LogP contribution in [0.15, 0.2) is 36.5 Å². The van der Waals surface area contributed by atoms with Crippen molar-refractivity contribution in [3.8, 4) is 11.4 Å². The van der Waals surface area contributed by atoms with E-state index in [4.69, 9.17) is 22.3 Å². The minimum atomic E-state index is -0.504. The van der Waals surface area contributed by atoms with E-state index < -0.39 is 11.8 Å². The van der Waals surface area contributed by atoms with Crippen molar-refractivity contribution in [1.82, 2.24) is 30.0 Å². The highest BCUT2D eigenvalue weighted by atomic mass is 35.5. The number of pyridine rings is 1. The molecule has 0 unspecified atom stereocenters. The number of anilines is 1. The molecule has 3 aromatic heterocycles. The number of rotatable bonds is 5. The predicted molar refractivity (Wildman–Crippen MR) is 123 cm³/mol. The third-order valence-electron chi connectivity index (χ3n) is 6.25. The van der Waals surface area contributed by atoms with Crippen molar-refractivity contribution in [2.75, 3.05) is 18.4 Å². The van der Waals surface area contributed by atoms with Crippen molar-refractivity contribution in [3.63, 3.8) is 0 Å². The molecular formula is C22H25ClN8O. The lowest BCUT2D eigenvalue weighted by Gasteiger charge is -2.30. The molecule has 5 rings (SSSR count). The fourth-order valence-corrected chi connectivity index (χ4v) is 4.62. The van der Waals surface area contributed by atoms with Gasteiger partial charge < -0.3 is 21.4 Å². The number of carbonyl (C=O) groups excluding carboxylic acids is 1. The van der Waals surface area contributed by atoms with E-state index in [0.717, 1.165) is 31.5 Å². The maximum Gasteiger partial charge on any atom is 0.227 e. The Morgan fingerprint density at radius 3 is 2.91 bits per heavy atom. The second-order valence-corrected chi connectivity index (χ2v) is 8.82. The number of carbonyl (C=O) groups is 1. The fraction of sp³-hybridized carbons (Fsp3) is 0.409. The van der Waals surface area contributed by atoms with E-state index in [2.05, 4.69) is 31.4 Å². The summed E-state index contributed by atoms with van der Waals surface area (Å²) in [4.78, 5) is 24.4. The van der Waals surface area contributed by atoms with Crippen LogP contribution in [0, 0.1) is 11.8 Å². The number of primary amides is 1. The summed E-state index contributed by atoms with van der Waals surface area (Å²) in [5.74, 6) is -0.223. The van der Waals surface area contributed by atoms with Gasteiger partial charge in [0.15, 0.2) is 5.65 Å². The maximum absolute atomic E-state index is 12.0. The molecule has 2 aliphatic rings. The zero-order valence-electron chi connectivity index (χ0n) is 17.7. The number of nitrogens with two attached hydrogens (primary N) is 1. The van der Waals surface area contributed by atoms with Crippen LogP contribution in [0.2, 0.25) is 5.02 Å². The van der Waals surface area contributed by atoms with Crippen LogP contribution in [0.3, 0.4) is 0 Å². The third kappa shape index (κ3) is 3.79. The second kappa shape index (κ2) is 8.43. The van der Waals surface area contributed by atoms with Crippen molar-refractivity contribution in [1.29, 1.82) is 0 Å². The van der Waals surface area contributed by atoms with Gasteiger partial charge in [-0.05, 0) is 38.1 Å². The number of hydrogen-bond donors (Lipinski definition) is 4. The summed E-state index contributed by atoms with van der Waals surface area (Å²) in [7, 11) is 0. The predicted octanol–water partition coefficient (Wildman–Crippen LogP) is 2.64. The number of nitrogens with one attached hydrogen (secondary N) is 3. The van der Waals surface area contributed by atoms with Crippen LogP contribution in [0.5, 0.6) is 0 Å². The summed E-state index contributed by atoms with van der Waals surface area (Å²) < 4.78 is 2.02. The summed E-state index contributed by atoms with van der Waals surface area (Å²) >= 11 is 6.50. The molecule has 1 amide bonds. The Kier molecular flexibility index (Phi) is 5.46. The maximum atomic E-state index is 12.0. The largest absolute Gasteiger partial charge is 0.377 e. The first-order valence-corrected chi connectivity index (χ1v) is 11.2. The quantitative estimate of drug-likeness (QED) is 0.441. The molecule has 3 aromatic rings. The Morgan fingerprint density at radius 1 is 1.31 bits per heavy atom. The molecule has 10 heteroatoms. The van der Waals surface area contributed by atoms with Gasteiger partial charge in [-0.3, -0.25) is 9.48 Å². The summed E-state index contributed by atoms with van der Waals surface area (Å²) in [5.41, 5.74) is 11.4. The molecular weight excluding hydrogens is 428 g/mol. The lowest BCUT2D eigenvalue weighted by Crippen LogP contribution is -2.42. The van der Waals surface area contributed by atoms with E-state index in [9.17, 15) is 4.79 Å². The molecule has 166 valence electrons. The van der Waals surface area contributed by atoms with Gasteiger partial charge in [-0.1, -0.05) is 18.5 Å². The summed E-state index contributed by atoms with van der Waals surface area (Å²) in [6, 6.07) is 0.124. The van der Waals surface area contributed by atoms with Gasteiger partial charge >= 0.3 is 0 Å². The van der Waals surface area contributed by atoms with Crippen LogP contribution in [-0.2, 0) is 4.79 Å². The Labute approximate surface area is 190 Å². The smallest absolute Gasteiger partial charge is 0.227 e. The first-order valence-electron chi connectivity index (χ1n) is 10.8. The summed E-state index contributed by atoms with van der Waals surface area (Å²) in [6.07, 6.45) is 11.1. The number of fused-ring (bicyclic) bond motifs is 1. The number of imidazole rings is 1. The van der Waals surface area contributed by atoms with Gasteiger partial charge in [0.05, 0.1) is 40.6 Å². The average molecular weight is 453 g/mol. The number of aromatic nitrogens is 5. The van der Waals surface area contributed by atoms with E-state index >= 15 is 0 Å². The Bertz CT molecular complexity index is 1220. The van der Waals surface area contributed by atoms with Crippen molar-refractivity contribution < 1.29 is 4.79 Å². The van der Waals surface area contributed by atoms with Crippen LogP contribution >= 0.6 is 11.6 Å². The van der Waals surface area contributed by atoms with Crippen molar-refractivity contribution in [2.45, 2.75) is 31.8 Å². The van der Waals surface area contributed by atoms with Gasteiger partial charge in [0.2, 0.25) is 5.91 Å². The molecule has 1 aliphatic carbocycles. The minimum Gasteiger partial charge on any atom is -0.377 e. The molecule has 1 saturated heterocycles. The molecule has 1 fully saturated rings. The number of halogens is 1. The van der Waals surface area contributed by atoms with Crippen LogP contribution in [0.1, 0.15) is 25.8 Å². The highest BCUT2D eigenvalue weighted by molar-refractivity contribution is 6.34. The van der Waals surface area contributed by atoms with Crippen molar-refractivity contribution in [3.05, 3.63) is 41.5 Å². The molecule has 5 N–H and O–H groups in total. The van der Waals surface area contributed by atoms with Gasteiger partial charge in [0, 0.05) is 18.2 Å². The van der Waals surface area contributed by atoms with E-state index in [0.29, 0.717) is 33.7 Å². The first kappa shape index (κ1) is 20.8. The number of nitrogens with zero attached hydrogens (tertiary/aromatic N) is 4. The van der Waals surface area contributed by atoms with Crippen LogP contribution in [0.25, 0.3) is 22.6 Å². The molecule has 9 nitrogen and oxygen atoms in total. The van der Waals surface area contributed by atoms with Gasteiger partial charge in [-0.25, -0.2) is 9.97 Å². The monoisotopic (exact) mass is 452 g/mol. The standard InChI is InChI=1S/C22H25ClN8O/c1-12-3-2-4-15(20(24)32)17(12)28-18-16(23)10-26-22-19(18)29-21(30-22)13-9-27-31(11-13)14-5-7-25-8-6-14/h3-4,9-12,14-15,17,25H,5-8H2,1H3,(H2,24,32)(H2,26,28,29,30)/t12-,15+,17-/m1/s1. The van der Waals surface area contributed by atoms with Gasteiger partial charge in [0.25, 0.3) is 0 Å². The zero-order chi connectivity index (χ0) is 22.2. The van der Waals surface area contributed by atoms with Crippen LogP contribution in [0.4, 0.5) is 5.69 Å². The lowest BCUT2D eigenvalue weighted by atomic mass is 9.85. The molecule has 0 saturated carbocycles. The molecule has 1 aliphatic heterocycles. The van der Waals surface area contributed by atoms with Gasteiger partial charge in [0.1, 0.15) is 11.3 Å². The lowest BCUT2D eigenvalue weighted by molar-refractivity contribution is -0.121. The normalized spacial score (nSPS) is 23.6. The zero-order valence-corrected chi connectivity index (χ0v) is 18.4. The molecule has 4 heterocycles. The molecule has 0 bridgehead atoms. The molecule has 32 heavy (non-hydrogen) atoms. The van der Waals surface area contributed by atoms with E-state index in [1.807, 2.05) is 30.1 Å². The second-order valence-electron chi connectivity index (χ2n) is 8.41. The minimum absolute atomic E-state index is 0.0263. The molecule has 0 aromatic carbocycles. The highest BCUT2D eigenvalue weighted by Crippen LogP contribution is 2.34. The molecule has 0 radical (unpaired) electrons. The number of H-pyrrole nitrogens is 1. The SMILES string of the molecule is C[C@@H]1C=C=C[C@H](C(N)=O)[C@@H]1Nc1c(Cl)cnc2[nH]c(-c3cnn(C4CCNCC4)c3)nc12. The number of piperidine rings is 1. The molecule has 0 spiro atoms. The first-order chi connectivity index (χ1) is 15.5. The van der Waals surface area contributed by atoms with E-state index in [1.165, 1.54) is 0 Å². The van der Waals surface area contributed by atoms with Crippen LogP contribution < -0.4 is 16.4 Å². The third-order valence-corrected chi connectivity index (χ3v) is 6.54.